The normalized spacial score (nSPS) is 17.1. The molecular weight excluding hydrogens is 672 g/mol. The van der Waals surface area contributed by atoms with Crippen LogP contribution in [-0.2, 0) is 30.3 Å². The molecule has 0 radical (unpaired) electrons. The summed E-state index contributed by atoms with van der Waals surface area (Å²) in [6, 6.07) is 19.1. The third-order valence-corrected chi connectivity index (χ3v) is 10.1. The highest BCUT2D eigenvalue weighted by Crippen LogP contribution is 2.45. The molecule has 2 aliphatic rings. The smallest absolute Gasteiger partial charge is 0.407 e. The highest BCUT2D eigenvalue weighted by atomic mass is 16.5. The lowest BCUT2D eigenvalue weighted by atomic mass is 9.86. The maximum Gasteiger partial charge on any atom is 0.407 e. The molecule has 4 aromatic rings. The molecule has 6 rings (SSSR count). The number of H-pyrrole nitrogens is 1. The van der Waals surface area contributed by atoms with E-state index in [0.29, 0.717) is 12.2 Å². The first-order chi connectivity index (χ1) is 25.3. The maximum atomic E-state index is 14.9. The van der Waals surface area contributed by atoms with E-state index in [1.165, 1.54) is 7.11 Å². The summed E-state index contributed by atoms with van der Waals surface area (Å²) in [6.07, 6.45) is -0.109. The van der Waals surface area contributed by atoms with Crippen molar-refractivity contribution in [2.45, 2.75) is 89.9 Å². The van der Waals surface area contributed by atoms with E-state index in [-0.39, 0.29) is 43.6 Å². The first kappa shape index (κ1) is 37.4. The number of carbonyl (C=O) groups is 4. The Hall–Kier alpha value is -5.32. The van der Waals surface area contributed by atoms with Gasteiger partial charge in [-0.2, -0.15) is 0 Å². The number of esters is 1. The number of hydrogen-bond donors (Lipinski definition) is 3. The first-order valence-corrected chi connectivity index (χ1v) is 18.3. The predicted molar refractivity (Wildman–Crippen MR) is 203 cm³/mol. The number of rotatable bonds is 11. The van der Waals surface area contributed by atoms with Crippen LogP contribution in [0.15, 0.2) is 66.7 Å². The Labute approximate surface area is 310 Å². The number of nitrogens with zero attached hydrogens (tertiary/aromatic N) is 1. The van der Waals surface area contributed by atoms with Gasteiger partial charge in [-0.05, 0) is 79.5 Å². The topological polar surface area (TPSA) is 139 Å². The number of aromatic amines is 1. The number of alkyl carbamates (subject to hydrolysis) is 1. The third-order valence-electron chi connectivity index (χ3n) is 10.1. The van der Waals surface area contributed by atoms with Crippen LogP contribution >= 0.6 is 0 Å². The van der Waals surface area contributed by atoms with Gasteiger partial charge in [0.05, 0.1) is 20.3 Å². The number of fused-ring (bicyclic) bond motifs is 6. The van der Waals surface area contributed by atoms with Crippen molar-refractivity contribution in [2.75, 3.05) is 20.8 Å². The first-order valence-electron chi connectivity index (χ1n) is 18.3. The quantitative estimate of drug-likeness (QED) is 0.145. The number of carbonyl (C=O) groups excluding carboxylic acids is 4. The second-order valence-electron chi connectivity index (χ2n) is 15.4. The Bertz CT molecular complexity index is 1970. The van der Waals surface area contributed by atoms with E-state index in [4.69, 9.17) is 14.2 Å². The van der Waals surface area contributed by atoms with E-state index in [1.54, 1.807) is 12.0 Å². The zero-order chi connectivity index (χ0) is 38.0. The van der Waals surface area contributed by atoms with Gasteiger partial charge in [0.2, 0.25) is 11.8 Å². The lowest BCUT2D eigenvalue weighted by Crippen LogP contribution is -2.58. The van der Waals surface area contributed by atoms with Gasteiger partial charge in [0.1, 0.15) is 24.4 Å². The van der Waals surface area contributed by atoms with Crippen molar-refractivity contribution in [1.29, 1.82) is 0 Å². The summed E-state index contributed by atoms with van der Waals surface area (Å²) in [4.78, 5) is 60.4. The van der Waals surface area contributed by atoms with Gasteiger partial charge in [-0.1, -0.05) is 62.4 Å². The van der Waals surface area contributed by atoms with Crippen LogP contribution in [0.5, 0.6) is 5.75 Å². The number of aromatic nitrogens is 1. The van der Waals surface area contributed by atoms with Gasteiger partial charge in [0, 0.05) is 47.0 Å². The van der Waals surface area contributed by atoms with Gasteiger partial charge in [-0.15, -0.1) is 0 Å². The lowest BCUT2D eigenvalue weighted by molar-refractivity contribution is -0.157. The molecule has 11 nitrogen and oxygen atoms in total. The fourth-order valence-electron chi connectivity index (χ4n) is 7.83. The molecule has 11 heteroatoms. The van der Waals surface area contributed by atoms with E-state index in [1.807, 2.05) is 75.4 Å². The van der Waals surface area contributed by atoms with Crippen molar-refractivity contribution < 1.29 is 33.4 Å². The Balaban J connectivity index is 1.32. The lowest BCUT2D eigenvalue weighted by Gasteiger charge is -2.43. The molecule has 3 atom stereocenters. The molecule has 0 saturated heterocycles. The summed E-state index contributed by atoms with van der Waals surface area (Å²) in [5, 5.41) is 6.68. The summed E-state index contributed by atoms with van der Waals surface area (Å²) in [7, 11) is 2.91. The summed E-state index contributed by atoms with van der Waals surface area (Å²) in [6.45, 7) is 9.79. The van der Waals surface area contributed by atoms with Crippen molar-refractivity contribution in [2.24, 2.45) is 5.92 Å². The highest BCUT2D eigenvalue weighted by Gasteiger charge is 2.46. The van der Waals surface area contributed by atoms with Crippen LogP contribution in [0.25, 0.3) is 22.0 Å². The van der Waals surface area contributed by atoms with Gasteiger partial charge < -0.3 is 34.7 Å². The van der Waals surface area contributed by atoms with Crippen LogP contribution in [0.1, 0.15) is 88.2 Å². The SMILES string of the molecule is COC(=O)[C@@H]1Cc2c([nH]c3cc(OC)ccc23)[C@H](CC(C)C)N1C(=O)[C@H](CCC(=O)NC(C)(C)C)NC(=O)OCC1c2ccccc2-c2ccccc21. The number of amides is 3. The molecule has 1 aliphatic heterocycles. The van der Waals surface area contributed by atoms with E-state index < -0.39 is 41.6 Å². The molecule has 0 fully saturated rings. The molecule has 3 amide bonds. The molecule has 0 unspecified atom stereocenters. The zero-order valence-corrected chi connectivity index (χ0v) is 31.6. The molecule has 2 heterocycles. The molecule has 3 aromatic carbocycles. The number of ether oxygens (including phenoxy) is 3. The molecule has 1 aromatic heterocycles. The number of benzene rings is 3. The summed E-state index contributed by atoms with van der Waals surface area (Å²) < 4.78 is 16.6. The Morgan fingerprint density at radius 2 is 1.60 bits per heavy atom. The molecule has 53 heavy (non-hydrogen) atoms. The van der Waals surface area contributed by atoms with Crippen molar-refractivity contribution in [1.82, 2.24) is 20.5 Å². The fraction of sp³-hybridized carbons (Fsp3) is 0.429. The molecule has 0 saturated carbocycles. The van der Waals surface area contributed by atoms with E-state index >= 15 is 0 Å². The minimum absolute atomic E-state index is 0.0134. The standard InChI is InChI=1S/C42H50N4O7/c1-24(2)20-35-38-31(30-17-16-25(51-6)21-34(30)43-38)22-36(40(49)52-7)46(35)39(48)33(18-19-37(47)45-42(3,4)5)44-41(50)53-23-32-28-14-10-8-12-26(28)27-13-9-11-15-29(27)32/h8-17,21,24,32-33,35-36,43H,18-20,22-23H2,1-7H3,(H,44,50)(H,45,47)/t33-,35-,36-/m0/s1. The van der Waals surface area contributed by atoms with Crippen LogP contribution in [-0.4, -0.2) is 72.2 Å². The summed E-state index contributed by atoms with van der Waals surface area (Å²) in [5.41, 5.74) is 6.40. The van der Waals surface area contributed by atoms with Crippen LogP contribution in [0.4, 0.5) is 4.79 Å². The molecule has 0 bridgehead atoms. The fourth-order valence-corrected chi connectivity index (χ4v) is 7.83. The largest absolute Gasteiger partial charge is 0.497 e. The predicted octanol–water partition coefficient (Wildman–Crippen LogP) is 6.79. The average molecular weight is 723 g/mol. The maximum absolute atomic E-state index is 14.9. The molecule has 3 N–H and O–H groups in total. The third kappa shape index (κ3) is 7.89. The molecular formula is C42H50N4O7. The Morgan fingerprint density at radius 3 is 2.21 bits per heavy atom. The van der Waals surface area contributed by atoms with Crippen LogP contribution in [0.3, 0.4) is 0 Å². The minimum Gasteiger partial charge on any atom is -0.497 e. The van der Waals surface area contributed by atoms with E-state index in [2.05, 4.69) is 41.6 Å². The monoisotopic (exact) mass is 722 g/mol. The highest BCUT2D eigenvalue weighted by molar-refractivity contribution is 5.94. The van der Waals surface area contributed by atoms with Crippen LogP contribution in [0, 0.1) is 5.92 Å². The van der Waals surface area contributed by atoms with Gasteiger partial charge >= 0.3 is 12.1 Å². The van der Waals surface area contributed by atoms with Crippen molar-refractivity contribution in [3.8, 4) is 16.9 Å². The number of methoxy groups -OCH3 is 2. The zero-order valence-electron chi connectivity index (χ0n) is 31.6. The van der Waals surface area contributed by atoms with Gasteiger partial charge in [-0.25, -0.2) is 9.59 Å². The summed E-state index contributed by atoms with van der Waals surface area (Å²) >= 11 is 0. The second kappa shape index (κ2) is 15.3. The molecule has 1 aliphatic carbocycles. The van der Waals surface area contributed by atoms with Gasteiger partial charge in [0.25, 0.3) is 0 Å². The minimum atomic E-state index is -1.18. The van der Waals surface area contributed by atoms with E-state index in [0.717, 1.165) is 44.4 Å². The second-order valence-corrected chi connectivity index (χ2v) is 15.4. The number of nitrogens with one attached hydrogen (secondary N) is 3. The molecule has 280 valence electrons. The van der Waals surface area contributed by atoms with Crippen LogP contribution in [0.2, 0.25) is 0 Å². The van der Waals surface area contributed by atoms with Gasteiger partial charge in [-0.3, -0.25) is 9.59 Å². The van der Waals surface area contributed by atoms with E-state index in [9.17, 15) is 19.2 Å². The Morgan fingerprint density at radius 1 is 0.943 bits per heavy atom. The Kier molecular flexibility index (Phi) is 10.8. The van der Waals surface area contributed by atoms with Crippen LogP contribution < -0.4 is 15.4 Å². The van der Waals surface area contributed by atoms with Gasteiger partial charge in [0.15, 0.2) is 0 Å². The van der Waals surface area contributed by atoms with Crippen molar-refractivity contribution >= 4 is 34.8 Å². The van der Waals surface area contributed by atoms with Crippen molar-refractivity contribution in [3.63, 3.8) is 0 Å². The average Bonchev–Trinajstić information content (AvgIpc) is 3.65. The van der Waals surface area contributed by atoms with Crippen molar-refractivity contribution in [3.05, 3.63) is 89.1 Å². The number of hydrogen-bond acceptors (Lipinski definition) is 7. The molecule has 0 spiro atoms. The summed E-state index contributed by atoms with van der Waals surface area (Å²) in [5.74, 6) is -0.698.